The Bertz CT molecular complexity index is 856. The Balaban J connectivity index is 2.39. The second-order valence-corrected chi connectivity index (χ2v) is 5.37. The van der Waals surface area contributed by atoms with Crippen LogP contribution in [-0.4, -0.2) is 9.55 Å². The number of thiol groups is 1. The van der Waals surface area contributed by atoms with E-state index in [1.165, 1.54) is 0 Å². The topological polar surface area (TPSA) is 34.9 Å². The van der Waals surface area contributed by atoms with Crippen LogP contribution in [0.1, 0.15) is 5.82 Å². The summed E-state index contributed by atoms with van der Waals surface area (Å²) in [5.41, 5.74) is 1.20. The zero-order chi connectivity index (χ0) is 14.3. The Labute approximate surface area is 126 Å². The molecular weight excluding hydrogens is 292 g/mol. The van der Waals surface area contributed by atoms with Gasteiger partial charge in [0.05, 0.1) is 21.6 Å². The van der Waals surface area contributed by atoms with Crippen molar-refractivity contribution in [3.05, 3.63) is 63.7 Å². The molecule has 0 bridgehead atoms. The average Bonchev–Trinajstić information content (AvgIpc) is 2.40. The maximum atomic E-state index is 12.7. The molecule has 0 saturated carbocycles. The fraction of sp³-hybridized carbons (Fsp3) is 0.0667. The number of hydrogen-bond acceptors (Lipinski definition) is 3. The number of aryl methyl sites for hydroxylation is 1. The van der Waals surface area contributed by atoms with E-state index in [1.54, 1.807) is 29.7 Å². The van der Waals surface area contributed by atoms with Crippen molar-refractivity contribution in [2.45, 2.75) is 11.8 Å². The fourth-order valence-electron chi connectivity index (χ4n) is 2.21. The summed E-state index contributed by atoms with van der Waals surface area (Å²) in [4.78, 5) is 18.0. The molecule has 0 aliphatic heterocycles. The predicted octanol–water partition coefficient (Wildman–Crippen LogP) is 3.64. The molecule has 0 radical (unpaired) electrons. The van der Waals surface area contributed by atoms with Crippen LogP contribution in [0.3, 0.4) is 0 Å². The molecule has 3 nitrogen and oxygen atoms in total. The lowest BCUT2D eigenvalue weighted by atomic mass is 10.2. The predicted molar refractivity (Wildman–Crippen MR) is 84.3 cm³/mol. The summed E-state index contributed by atoms with van der Waals surface area (Å²) in [5.74, 6) is 0.622. The molecule has 0 atom stereocenters. The van der Waals surface area contributed by atoms with Gasteiger partial charge in [0.2, 0.25) is 0 Å². The molecule has 1 heterocycles. The normalized spacial score (nSPS) is 10.9. The number of hydrogen-bond donors (Lipinski definition) is 1. The quantitative estimate of drug-likeness (QED) is 0.697. The van der Waals surface area contributed by atoms with Crippen molar-refractivity contribution in [2.24, 2.45) is 0 Å². The first-order valence-corrected chi connectivity index (χ1v) is 6.88. The van der Waals surface area contributed by atoms with Gasteiger partial charge in [0.1, 0.15) is 5.82 Å². The molecule has 20 heavy (non-hydrogen) atoms. The number of nitrogens with zero attached hydrogens (tertiary/aromatic N) is 2. The number of rotatable bonds is 1. The van der Waals surface area contributed by atoms with Gasteiger partial charge < -0.3 is 0 Å². The molecule has 0 aliphatic carbocycles. The lowest BCUT2D eigenvalue weighted by Crippen LogP contribution is -2.22. The molecular formula is C15H11ClN2OS. The van der Waals surface area contributed by atoms with Crippen LogP contribution in [0, 0.1) is 6.92 Å². The zero-order valence-electron chi connectivity index (χ0n) is 10.7. The van der Waals surface area contributed by atoms with Gasteiger partial charge in [0.15, 0.2) is 0 Å². The minimum atomic E-state index is -0.162. The van der Waals surface area contributed by atoms with Crippen molar-refractivity contribution in [1.29, 1.82) is 0 Å². The van der Waals surface area contributed by atoms with Gasteiger partial charge in [0.25, 0.3) is 5.56 Å². The second kappa shape index (κ2) is 4.96. The van der Waals surface area contributed by atoms with E-state index in [0.29, 0.717) is 21.7 Å². The van der Waals surface area contributed by atoms with Crippen LogP contribution < -0.4 is 5.56 Å². The van der Waals surface area contributed by atoms with Crippen molar-refractivity contribution >= 4 is 35.1 Å². The fourth-order valence-corrected chi connectivity index (χ4v) is 2.61. The zero-order valence-corrected chi connectivity index (χ0v) is 12.3. The molecule has 100 valence electrons. The van der Waals surface area contributed by atoms with Gasteiger partial charge in [-0.3, -0.25) is 9.36 Å². The Hall–Kier alpha value is -1.78. The Morgan fingerprint density at radius 3 is 2.55 bits per heavy atom. The summed E-state index contributed by atoms with van der Waals surface area (Å²) < 4.78 is 1.56. The van der Waals surface area contributed by atoms with Crippen LogP contribution in [0.4, 0.5) is 0 Å². The largest absolute Gasteiger partial charge is 0.268 e. The summed E-state index contributed by atoms with van der Waals surface area (Å²) in [6.45, 7) is 1.80. The van der Waals surface area contributed by atoms with E-state index in [-0.39, 0.29) is 5.56 Å². The summed E-state index contributed by atoms with van der Waals surface area (Å²) in [7, 11) is 0. The van der Waals surface area contributed by atoms with Gasteiger partial charge in [-0.05, 0) is 43.3 Å². The molecule has 3 aromatic rings. The van der Waals surface area contributed by atoms with Gasteiger partial charge in [0, 0.05) is 4.90 Å². The van der Waals surface area contributed by atoms with Crippen LogP contribution in [0.2, 0.25) is 5.02 Å². The number of fused-ring (bicyclic) bond motifs is 1. The second-order valence-electron chi connectivity index (χ2n) is 4.45. The van der Waals surface area contributed by atoms with E-state index in [1.807, 2.05) is 24.3 Å². The van der Waals surface area contributed by atoms with Gasteiger partial charge in [-0.1, -0.05) is 17.7 Å². The molecule has 0 unspecified atom stereocenters. The lowest BCUT2D eigenvalue weighted by Gasteiger charge is -2.11. The number of halogens is 1. The van der Waals surface area contributed by atoms with E-state index >= 15 is 0 Å². The van der Waals surface area contributed by atoms with E-state index < -0.39 is 0 Å². The maximum Gasteiger partial charge on any atom is 0.267 e. The maximum absolute atomic E-state index is 12.7. The van der Waals surface area contributed by atoms with Crippen molar-refractivity contribution < 1.29 is 0 Å². The summed E-state index contributed by atoms with van der Waals surface area (Å²) in [6.07, 6.45) is 0. The summed E-state index contributed by atoms with van der Waals surface area (Å²) in [6, 6.07) is 12.6. The molecule has 0 spiro atoms. The third-order valence-electron chi connectivity index (χ3n) is 3.12. The monoisotopic (exact) mass is 302 g/mol. The first-order valence-electron chi connectivity index (χ1n) is 6.05. The molecule has 2 aromatic carbocycles. The van der Waals surface area contributed by atoms with Crippen molar-refractivity contribution in [1.82, 2.24) is 9.55 Å². The molecule has 0 saturated heterocycles. The van der Waals surface area contributed by atoms with Gasteiger partial charge in [-0.25, -0.2) is 4.98 Å². The van der Waals surface area contributed by atoms with Gasteiger partial charge >= 0.3 is 0 Å². The van der Waals surface area contributed by atoms with Crippen LogP contribution in [0.15, 0.2) is 52.2 Å². The minimum Gasteiger partial charge on any atom is -0.268 e. The lowest BCUT2D eigenvalue weighted by molar-refractivity contribution is 0.893. The molecule has 0 fully saturated rings. The highest BCUT2D eigenvalue weighted by Crippen LogP contribution is 2.20. The molecule has 0 amide bonds. The highest BCUT2D eigenvalue weighted by atomic mass is 35.5. The standard InChI is InChI=1S/C15H11ClN2OS/c1-9-17-13-4-2-3-12(16)14(13)15(19)18(9)10-5-7-11(20)8-6-10/h2-8,20H,1H3. The average molecular weight is 303 g/mol. The van der Waals surface area contributed by atoms with Crippen LogP contribution >= 0.6 is 24.2 Å². The molecule has 1 aromatic heterocycles. The number of benzene rings is 2. The first kappa shape index (κ1) is 13.2. The van der Waals surface area contributed by atoms with Crippen molar-refractivity contribution in [3.63, 3.8) is 0 Å². The van der Waals surface area contributed by atoms with Crippen molar-refractivity contribution in [2.75, 3.05) is 0 Å². The smallest absolute Gasteiger partial charge is 0.267 e. The SMILES string of the molecule is Cc1nc2cccc(Cl)c2c(=O)n1-c1ccc(S)cc1. The third kappa shape index (κ3) is 2.11. The minimum absolute atomic E-state index is 0.162. The Kier molecular flexibility index (Phi) is 3.28. The molecule has 5 heteroatoms. The molecule has 3 rings (SSSR count). The van der Waals surface area contributed by atoms with Gasteiger partial charge in [-0.15, -0.1) is 12.6 Å². The van der Waals surface area contributed by atoms with Crippen LogP contribution in [-0.2, 0) is 0 Å². The highest BCUT2D eigenvalue weighted by Gasteiger charge is 2.12. The van der Waals surface area contributed by atoms with E-state index in [0.717, 1.165) is 10.6 Å². The van der Waals surface area contributed by atoms with E-state index in [4.69, 9.17) is 11.6 Å². The Morgan fingerprint density at radius 2 is 1.85 bits per heavy atom. The number of aromatic nitrogens is 2. The van der Waals surface area contributed by atoms with Crippen molar-refractivity contribution in [3.8, 4) is 5.69 Å². The third-order valence-corrected chi connectivity index (χ3v) is 3.74. The van der Waals surface area contributed by atoms with E-state index in [2.05, 4.69) is 17.6 Å². The Morgan fingerprint density at radius 1 is 1.15 bits per heavy atom. The summed E-state index contributed by atoms with van der Waals surface area (Å²) >= 11 is 10.4. The highest BCUT2D eigenvalue weighted by molar-refractivity contribution is 7.80. The first-order chi connectivity index (χ1) is 9.58. The molecule has 0 aliphatic rings. The summed E-state index contributed by atoms with van der Waals surface area (Å²) in [5, 5.41) is 0.856. The van der Waals surface area contributed by atoms with Gasteiger partial charge in [-0.2, -0.15) is 0 Å². The molecule has 0 N–H and O–H groups in total. The van der Waals surface area contributed by atoms with Crippen LogP contribution in [0.25, 0.3) is 16.6 Å². The van der Waals surface area contributed by atoms with E-state index in [9.17, 15) is 4.79 Å². The van der Waals surface area contributed by atoms with Crippen LogP contribution in [0.5, 0.6) is 0 Å².